The van der Waals surface area contributed by atoms with E-state index >= 15 is 0 Å². The van der Waals surface area contributed by atoms with Gasteiger partial charge in [-0.25, -0.2) is 0 Å². The van der Waals surface area contributed by atoms with Gasteiger partial charge in [0.25, 0.3) is 5.91 Å². The van der Waals surface area contributed by atoms with Gasteiger partial charge in [0.05, 0.1) is 5.38 Å². The van der Waals surface area contributed by atoms with Crippen molar-refractivity contribution in [1.82, 2.24) is 14.7 Å². The van der Waals surface area contributed by atoms with Crippen LogP contribution in [0.15, 0.2) is 12.3 Å². The number of aryl methyl sites for hydroxylation is 1. The molecule has 2 unspecified atom stereocenters. The number of alkyl halides is 1. The molecule has 0 bridgehead atoms. The van der Waals surface area contributed by atoms with E-state index in [1.165, 1.54) is 0 Å². The van der Waals surface area contributed by atoms with Crippen molar-refractivity contribution in [3.63, 3.8) is 0 Å². The molecule has 4 nitrogen and oxygen atoms in total. The highest BCUT2D eigenvalue weighted by atomic mass is 35.5. The quantitative estimate of drug-likeness (QED) is 0.699. The Morgan fingerprint density at radius 1 is 1.62 bits per heavy atom. The lowest BCUT2D eigenvalue weighted by atomic mass is 9.98. The Bertz CT molecular complexity index is 390. The molecule has 1 aliphatic rings. The lowest BCUT2D eigenvalue weighted by Crippen LogP contribution is -2.43. The van der Waals surface area contributed by atoms with Gasteiger partial charge in [0.1, 0.15) is 5.69 Å². The third-order valence-corrected chi connectivity index (χ3v) is 3.65. The van der Waals surface area contributed by atoms with Crippen LogP contribution in [0.3, 0.4) is 0 Å². The molecule has 2 rings (SSSR count). The second-order valence-electron chi connectivity index (χ2n) is 4.41. The molecule has 0 N–H and O–H groups in total. The highest BCUT2D eigenvalue weighted by Gasteiger charge is 2.28. The summed E-state index contributed by atoms with van der Waals surface area (Å²) in [6, 6.07) is 1.74. The number of aromatic nitrogens is 2. The molecular formula is C11H16ClN3O. The van der Waals surface area contributed by atoms with Crippen LogP contribution in [-0.2, 0) is 7.05 Å². The van der Waals surface area contributed by atoms with Crippen LogP contribution in [0.4, 0.5) is 0 Å². The number of piperidine rings is 1. The molecule has 1 aliphatic heterocycles. The Morgan fingerprint density at radius 2 is 2.38 bits per heavy atom. The fraction of sp³-hybridized carbons (Fsp3) is 0.636. The van der Waals surface area contributed by atoms with Crippen molar-refractivity contribution < 1.29 is 4.79 Å². The van der Waals surface area contributed by atoms with E-state index in [4.69, 9.17) is 11.6 Å². The molecule has 16 heavy (non-hydrogen) atoms. The predicted molar refractivity (Wildman–Crippen MR) is 62.5 cm³/mol. The fourth-order valence-electron chi connectivity index (χ4n) is 1.90. The largest absolute Gasteiger partial charge is 0.336 e. The monoisotopic (exact) mass is 241 g/mol. The lowest BCUT2D eigenvalue weighted by Gasteiger charge is -2.33. The Balaban J connectivity index is 2.06. The minimum absolute atomic E-state index is 0.0156. The van der Waals surface area contributed by atoms with Crippen LogP contribution >= 0.6 is 11.6 Å². The first-order valence-corrected chi connectivity index (χ1v) is 5.94. The van der Waals surface area contributed by atoms with E-state index < -0.39 is 0 Å². The maximum absolute atomic E-state index is 12.1. The first kappa shape index (κ1) is 11.5. The Hall–Kier alpha value is -1.03. The molecule has 0 radical (unpaired) electrons. The van der Waals surface area contributed by atoms with E-state index in [1.807, 2.05) is 0 Å². The summed E-state index contributed by atoms with van der Waals surface area (Å²) >= 11 is 6.18. The van der Waals surface area contributed by atoms with Crippen molar-refractivity contribution in [2.45, 2.75) is 18.7 Å². The van der Waals surface area contributed by atoms with Crippen molar-refractivity contribution in [2.24, 2.45) is 13.0 Å². The van der Waals surface area contributed by atoms with Gasteiger partial charge >= 0.3 is 0 Å². The SMILES string of the molecule is CC1CCN(C(=O)c2ccn(C)n2)CC1Cl. The number of amides is 1. The normalized spacial score (nSPS) is 25.8. The maximum atomic E-state index is 12.1. The van der Waals surface area contributed by atoms with Crippen molar-refractivity contribution in [3.8, 4) is 0 Å². The van der Waals surface area contributed by atoms with Crippen LogP contribution in [0.5, 0.6) is 0 Å². The summed E-state index contributed by atoms with van der Waals surface area (Å²) in [5.41, 5.74) is 0.501. The number of carbonyl (C=O) groups is 1. The Kier molecular flexibility index (Phi) is 3.19. The lowest BCUT2D eigenvalue weighted by molar-refractivity contribution is 0.0694. The minimum atomic E-state index is -0.0156. The standard InChI is InChI=1S/C11H16ClN3O/c1-8-3-6-15(7-9(8)12)11(16)10-4-5-14(2)13-10/h4-5,8-9H,3,6-7H2,1-2H3. The van der Waals surface area contributed by atoms with E-state index in [0.29, 0.717) is 18.2 Å². The number of nitrogens with zero attached hydrogens (tertiary/aromatic N) is 3. The Labute approximate surface area is 100 Å². The molecule has 5 heteroatoms. The van der Waals surface area contributed by atoms with Crippen LogP contribution in [0.25, 0.3) is 0 Å². The molecule has 1 aromatic rings. The van der Waals surface area contributed by atoms with Gasteiger partial charge in [0, 0.05) is 26.3 Å². The van der Waals surface area contributed by atoms with E-state index in [-0.39, 0.29) is 11.3 Å². The first-order chi connectivity index (χ1) is 7.58. The van der Waals surface area contributed by atoms with Gasteiger partial charge in [-0.1, -0.05) is 6.92 Å². The summed E-state index contributed by atoms with van der Waals surface area (Å²) in [4.78, 5) is 13.8. The molecule has 1 saturated heterocycles. The number of hydrogen-bond donors (Lipinski definition) is 0. The zero-order chi connectivity index (χ0) is 11.7. The van der Waals surface area contributed by atoms with Gasteiger partial charge in [0.15, 0.2) is 0 Å². The molecule has 0 aromatic carbocycles. The molecule has 0 spiro atoms. The number of hydrogen-bond acceptors (Lipinski definition) is 2. The van der Waals surface area contributed by atoms with Gasteiger partial charge in [-0.3, -0.25) is 9.48 Å². The van der Waals surface area contributed by atoms with Crippen molar-refractivity contribution >= 4 is 17.5 Å². The highest BCUT2D eigenvalue weighted by molar-refractivity contribution is 6.21. The van der Waals surface area contributed by atoms with Crippen LogP contribution < -0.4 is 0 Å². The van der Waals surface area contributed by atoms with Crippen LogP contribution in [0, 0.1) is 5.92 Å². The van der Waals surface area contributed by atoms with Crippen molar-refractivity contribution in [1.29, 1.82) is 0 Å². The summed E-state index contributed by atoms with van der Waals surface area (Å²) in [5.74, 6) is 0.465. The summed E-state index contributed by atoms with van der Waals surface area (Å²) in [7, 11) is 1.80. The van der Waals surface area contributed by atoms with Crippen molar-refractivity contribution in [2.75, 3.05) is 13.1 Å². The average molecular weight is 242 g/mol. The van der Waals surface area contributed by atoms with Crippen molar-refractivity contribution in [3.05, 3.63) is 18.0 Å². The van der Waals surface area contributed by atoms with E-state index in [1.54, 1.807) is 28.9 Å². The summed E-state index contributed by atoms with van der Waals surface area (Å²) < 4.78 is 1.64. The van der Waals surface area contributed by atoms with E-state index in [9.17, 15) is 4.79 Å². The van der Waals surface area contributed by atoms with Gasteiger partial charge in [-0.15, -0.1) is 11.6 Å². The van der Waals surface area contributed by atoms with E-state index in [0.717, 1.165) is 13.0 Å². The van der Waals surface area contributed by atoms with Gasteiger partial charge in [0.2, 0.25) is 0 Å². The Morgan fingerprint density at radius 3 is 2.94 bits per heavy atom. The number of halogens is 1. The smallest absolute Gasteiger partial charge is 0.274 e. The fourth-order valence-corrected chi connectivity index (χ4v) is 2.19. The number of likely N-dealkylation sites (tertiary alicyclic amines) is 1. The van der Waals surface area contributed by atoms with Gasteiger partial charge in [-0.05, 0) is 18.4 Å². The first-order valence-electron chi connectivity index (χ1n) is 5.51. The predicted octanol–water partition coefficient (Wildman–Crippen LogP) is 1.51. The molecular weight excluding hydrogens is 226 g/mol. The van der Waals surface area contributed by atoms with Gasteiger partial charge < -0.3 is 4.90 Å². The molecule has 2 heterocycles. The third kappa shape index (κ3) is 2.21. The van der Waals surface area contributed by atoms with Crippen LogP contribution in [-0.4, -0.2) is 39.1 Å². The second-order valence-corrected chi connectivity index (χ2v) is 4.97. The molecule has 88 valence electrons. The highest BCUT2D eigenvalue weighted by Crippen LogP contribution is 2.22. The minimum Gasteiger partial charge on any atom is -0.336 e. The summed E-state index contributed by atoms with van der Waals surface area (Å²) in [5, 5.41) is 4.17. The molecule has 1 amide bonds. The molecule has 0 aliphatic carbocycles. The third-order valence-electron chi connectivity index (χ3n) is 3.09. The van der Waals surface area contributed by atoms with E-state index in [2.05, 4.69) is 12.0 Å². The summed E-state index contributed by atoms with van der Waals surface area (Å²) in [6.07, 6.45) is 2.74. The number of carbonyl (C=O) groups excluding carboxylic acids is 1. The maximum Gasteiger partial charge on any atom is 0.274 e. The molecule has 0 saturated carbocycles. The summed E-state index contributed by atoms with van der Waals surface area (Å²) in [6.45, 7) is 3.53. The second kappa shape index (κ2) is 4.45. The topological polar surface area (TPSA) is 38.1 Å². The number of rotatable bonds is 1. The average Bonchev–Trinajstić information content (AvgIpc) is 2.68. The van der Waals surface area contributed by atoms with Gasteiger partial charge in [-0.2, -0.15) is 5.10 Å². The zero-order valence-electron chi connectivity index (χ0n) is 9.56. The molecule has 1 aromatic heterocycles. The van der Waals surface area contributed by atoms with Crippen LogP contribution in [0.1, 0.15) is 23.8 Å². The van der Waals surface area contributed by atoms with Crippen LogP contribution in [0.2, 0.25) is 0 Å². The molecule has 2 atom stereocenters. The zero-order valence-corrected chi connectivity index (χ0v) is 10.3. The molecule has 1 fully saturated rings.